The lowest BCUT2D eigenvalue weighted by Crippen LogP contribution is -2.25. The van der Waals surface area contributed by atoms with E-state index in [4.69, 9.17) is 9.63 Å². The predicted octanol–water partition coefficient (Wildman–Crippen LogP) is 2.82. The Morgan fingerprint density at radius 1 is 1.35 bits per heavy atom. The van der Waals surface area contributed by atoms with Gasteiger partial charge in [0.25, 0.3) is 0 Å². The monoisotopic (exact) mass is 387 g/mol. The van der Waals surface area contributed by atoms with Crippen LogP contribution >= 0.6 is 0 Å². The van der Waals surface area contributed by atoms with Crippen LogP contribution in [-0.4, -0.2) is 35.4 Å². The molecule has 0 saturated heterocycles. The van der Waals surface area contributed by atoms with Gasteiger partial charge in [0.1, 0.15) is 0 Å². The molecular formula is C17H29N3O5S. The third kappa shape index (κ3) is 7.03. The Bertz CT molecular complexity index is 668. The van der Waals surface area contributed by atoms with E-state index in [0.717, 1.165) is 18.8 Å². The maximum Gasteiger partial charge on any atom is 0.304 e. The zero-order valence-corrected chi connectivity index (χ0v) is 16.1. The quantitative estimate of drug-likeness (QED) is 0.598. The van der Waals surface area contributed by atoms with Gasteiger partial charge in [0, 0.05) is 5.92 Å². The molecule has 1 aliphatic carbocycles. The van der Waals surface area contributed by atoms with Gasteiger partial charge in [-0.1, -0.05) is 50.1 Å². The van der Waals surface area contributed by atoms with Crippen molar-refractivity contribution in [2.24, 2.45) is 5.92 Å². The van der Waals surface area contributed by atoms with E-state index in [1.54, 1.807) is 6.92 Å². The Morgan fingerprint density at radius 2 is 2.08 bits per heavy atom. The predicted molar refractivity (Wildman–Crippen MR) is 96.0 cm³/mol. The number of carbonyl (C=O) groups is 1. The van der Waals surface area contributed by atoms with Crippen molar-refractivity contribution >= 4 is 16.0 Å². The first-order chi connectivity index (χ1) is 12.4. The van der Waals surface area contributed by atoms with Crippen LogP contribution < -0.4 is 4.72 Å². The van der Waals surface area contributed by atoms with Gasteiger partial charge in [-0.05, 0) is 19.3 Å². The molecule has 1 aliphatic rings. The molecule has 1 atom stereocenters. The fourth-order valence-electron chi connectivity index (χ4n) is 3.43. The van der Waals surface area contributed by atoms with Crippen molar-refractivity contribution < 1.29 is 22.8 Å². The van der Waals surface area contributed by atoms with Crippen molar-refractivity contribution in [1.29, 1.82) is 0 Å². The molecule has 8 nitrogen and oxygen atoms in total. The van der Waals surface area contributed by atoms with Gasteiger partial charge in [0.05, 0.1) is 18.7 Å². The minimum absolute atomic E-state index is 0.0273. The van der Waals surface area contributed by atoms with Crippen molar-refractivity contribution in [1.82, 2.24) is 14.9 Å². The van der Waals surface area contributed by atoms with Gasteiger partial charge in [-0.3, -0.25) is 4.79 Å². The number of nitrogens with zero attached hydrogens (tertiary/aromatic N) is 2. The third-order valence-corrected chi connectivity index (χ3v) is 6.32. The second-order valence-corrected chi connectivity index (χ2v) is 9.10. The molecule has 2 rings (SSSR count). The molecule has 1 aromatic rings. The van der Waals surface area contributed by atoms with Gasteiger partial charge in [-0.15, -0.1) is 0 Å². The van der Waals surface area contributed by atoms with Crippen LogP contribution in [0, 0.1) is 5.92 Å². The first-order valence-corrected chi connectivity index (χ1v) is 11.1. The standard InChI is InChI=1S/C17H29N3O5S/c1-2-26(23,24)18-12-15-19-17(25-20-15)14(11-16(21)22)10-6-9-13-7-4-3-5-8-13/h13-14,18H,2-12H2,1H3,(H,21,22). The number of carboxylic acids is 1. The summed E-state index contributed by atoms with van der Waals surface area (Å²) in [5, 5.41) is 12.9. The second-order valence-electron chi connectivity index (χ2n) is 7.00. The SMILES string of the molecule is CCS(=O)(=O)NCc1noc(C(CCCC2CCCCC2)CC(=O)O)n1. The molecule has 148 valence electrons. The molecule has 2 N–H and O–H groups in total. The van der Waals surface area contributed by atoms with E-state index in [9.17, 15) is 13.2 Å². The highest BCUT2D eigenvalue weighted by Gasteiger charge is 2.23. The summed E-state index contributed by atoms with van der Waals surface area (Å²) in [6.45, 7) is 1.49. The summed E-state index contributed by atoms with van der Waals surface area (Å²) in [5.41, 5.74) is 0. The number of aromatic nitrogens is 2. The summed E-state index contributed by atoms with van der Waals surface area (Å²) < 4.78 is 30.5. The summed E-state index contributed by atoms with van der Waals surface area (Å²) in [5.74, 6) is -0.0165. The van der Waals surface area contributed by atoms with Crippen molar-refractivity contribution in [3.63, 3.8) is 0 Å². The van der Waals surface area contributed by atoms with Crippen LogP contribution in [-0.2, 0) is 21.4 Å². The number of nitrogens with one attached hydrogen (secondary N) is 1. The van der Waals surface area contributed by atoms with E-state index in [-0.39, 0.29) is 36.4 Å². The van der Waals surface area contributed by atoms with Gasteiger partial charge in [-0.25, -0.2) is 13.1 Å². The van der Waals surface area contributed by atoms with Gasteiger partial charge in [0.15, 0.2) is 5.82 Å². The fourth-order valence-corrected chi connectivity index (χ4v) is 3.99. The van der Waals surface area contributed by atoms with Crippen molar-refractivity contribution in [3.8, 4) is 0 Å². The molecular weight excluding hydrogens is 358 g/mol. The van der Waals surface area contributed by atoms with Crippen molar-refractivity contribution in [2.75, 3.05) is 5.75 Å². The van der Waals surface area contributed by atoms with E-state index in [2.05, 4.69) is 14.9 Å². The highest BCUT2D eigenvalue weighted by molar-refractivity contribution is 7.89. The lowest BCUT2D eigenvalue weighted by atomic mass is 9.84. The Hall–Kier alpha value is -1.48. The molecule has 0 bridgehead atoms. The third-order valence-electron chi connectivity index (χ3n) is 4.97. The number of rotatable bonds is 11. The first kappa shape index (κ1) is 20.8. The highest BCUT2D eigenvalue weighted by Crippen LogP contribution is 2.31. The normalized spacial score (nSPS) is 17.3. The molecule has 0 amide bonds. The number of carboxylic acid groups (broad SMARTS) is 1. The van der Waals surface area contributed by atoms with Gasteiger partial charge >= 0.3 is 5.97 Å². The Labute approximate surface area is 154 Å². The Morgan fingerprint density at radius 3 is 2.73 bits per heavy atom. The molecule has 1 aromatic heterocycles. The second kappa shape index (κ2) is 10.0. The lowest BCUT2D eigenvalue weighted by molar-refractivity contribution is -0.137. The average Bonchev–Trinajstić information content (AvgIpc) is 3.09. The van der Waals surface area contributed by atoms with E-state index >= 15 is 0 Å². The van der Waals surface area contributed by atoms with Crippen LogP contribution in [0.2, 0.25) is 0 Å². The molecule has 1 unspecified atom stereocenters. The molecule has 0 spiro atoms. The summed E-state index contributed by atoms with van der Waals surface area (Å²) in [6, 6.07) is 0. The van der Waals surface area contributed by atoms with Crippen LogP contribution in [0.5, 0.6) is 0 Å². The average molecular weight is 388 g/mol. The smallest absolute Gasteiger partial charge is 0.304 e. The summed E-state index contributed by atoms with van der Waals surface area (Å²) in [7, 11) is -3.34. The minimum Gasteiger partial charge on any atom is -0.481 e. The fraction of sp³-hybridized carbons (Fsp3) is 0.824. The topological polar surface area (TPSA) is 122 Å². The van der Waals surface area contributed by atoms with Crippen molar-refractivity contribution in [3.05, 3.63) is 11.7 Å². The minimum atomic E-state index is -3.34. The number of hydrogen-bond donors (Lipinski definition) is 2. The molecule has 0 aromatic carbocycles. The Kier molecular flexibility index (Phi) is 8.02. The molecule has 1 heterocycles. The van der Waals surface area contributed by atoms with Gasteiger partial charge in [-0.2, -0.15) is 4.98 Å². The first-order valence-electron chi connectivity index (χ1n) is 9.41. The molecule has 9 heteroatoms. The summed E-state index contributed by atoms with van der Waals surface area (Å²) in [6.07, 6.45) is 9.12. The van der Waals surface area contributed by atoms with E-state index < -0.39 is 16.0 Å². The van der Waals surface area contributed by atoms with Crippen LogP contribution in [0.15, 0.2) is 4.52 Å². The van der Waals surface area contributed by atoms with Crippen LogP contribution in [0.1, 0.15) is 82.3 Å². The largest absolute Gasteiger partial charge is 0.481 e. The van der Waals surface area contributed by atoms with Gasteiger partial charge < -0.3 is 9.63 Å². The number of aliphatic carboxylic acids is 1. The van der Waals surface area contributed by atoms with Crippen molar-refractivity contribution in [2.45, 2.75) is 77.2 Å². The number of sulfonamides is 1. The molecule has 1 saturated carbocycles. The van der Waals surface area contributed by atoms with E-state index in [0.29, 0.717) is 6.42 Å². The Balaban J connectivity index is 1.90. The van der Waals surface area contributed by atoms with Gasteiger partial charge in [0.2, 0.25) is 15.9 Å². The molecule has 1 fully saturated rings. The zero-order valence-electron chi connectivity index (χ0n) is 15.3. The van der Waals surface area contributed by atoms with E-state index in [1.165, 1.54) is 32.1 Å². The highest BCUT2D eigenvalue weighted by atomic mass is 32.2. The molecule has 0 aliphatic heterocycles. The number of hydrogen-bond acceptors (Lipinski definition) is 6. The summed E-state index contributed by atoms with van der Waals surface area (Å²) in [4.78, 5) is 15.4. The maximum atomic E-state index is 11.5. The van der Waals surface area contributed by atoms with Crippen LogP contribution in [0.25, 0.3) is 0 Å². The van der Waals surface area contributed by atoms with Crippen LogP contribution in [0.4, 0.5) is 0 Å². The summed E-state index contributed by atoms with van der Waals surface area (Å²) >= 11 is 0. The maximum absolute atomic E-state index is 11.5. The molecule has 0 radical (unpaired) electrons. The lowest BCUT2D eigenvalue weighted by Gasteiger charge is -2.21. The molecule has 26 heavy (non-hydrogen) atoms. The van der Waals surface area contributed by atoms with Crippen LogP contribution in [0.3, 0.4) is 0 Å². The zero-order chi connectivity index (χ0) is 19.0. The van der Waals surface area contributed by atoms with E-state index in [1.807, 2.05) is 0 Å².